The molecule has 2 aliphatic heterocycles. The van der Waals surface area contributed by atoms with E-state index in [2.05, 4.69) is 70.2 Å². The van der Waals surface area contributed by atoms with Gasteiger partial charge in [-0.15, -0.1) is 0 Å². The maximum atomic E-state index is 5.54. The zero-order valence-corrected chi connectivity index (χ0v) is 22.9. The molecule has 3 aromatic carbocycles. The highest BCUT2D eigenvalue weighted by Crippen LogP contribution is 2.37. The van der Waals surface area contributed by atoms with Crippen LogP contribution >= 0.6 is 0 Å². The molecule has 5 nitrogen and oxygen atoms in total. The van der Waals surface area contributed by atoms with Gasteiger partial charge >= 0.3 is 0 Å². The van der Waals surface area contributed by atoms with Crippen molar-refractivity contribution in [2.75, 3.05) is 45.3 Å². The van der Waals surface area contributed by atoms with Crippen molar-refractivity contribution in [3.63, 3.8) is 0 Å². The number of hydrogen-bond acceptors (Lipinski definition) is 4. The van der Waals surface area contributed by atoms with Crippen molar-refractivity contribution in [3.8, 4) is 22.8 Å². The van der Waals surface area contributed by atoms with Gasteiger partial charge in [-0.2, -0.15) is 0 Å². The Morgan fingerprint density at radius 2 is 1.55 bits per heavy atom. The number of methoxy groups -OCH3 is 2. The average molecular weight is 510 g/mol. The summed E-state index contributed by atoms with van der Waals surface area (Å²) in [5, 5.41) is 1.31. The fraction of sp³-hybridized carbons (Fsp3) is 0.394. The van der Waals surface area contributed by atoms with Crippen LogP contribution in [-0.2, 0) is 6.54 Å². The Labute approximate surface area is 226 Å². The Bertz CT molecular complexity index is 1390. The molecule has 0 saturated carbocycles. The molecule has 0 radical (unpaired) electrons. The molecule has 2 aliphatic rings. The van der Waals surface area contributed by atoms with Gasteiger partial charge < -0.3 is 19.4 Å². The number of nitrogens with one attached hydrogen (secondary N) is 1. The molecule has 2 saturated heterocycles. The zero-order chi connectivity index (χ0) is 26.1. The summed E-state index contributed by atoms with van der Waals surface area (Å²) in [6, 6.07) is 22.4. The van der Waals surface area contributed by atoms with E-state index in [1.165, 1.54) is 72.1 Å². The van der Waals surface area contributed by atoms with E-state index >= 15 is 0 Å². The van der Waals surface area contributed by atoms with Crippen molar-refractivity contribution in [1.82, 2.24) is 9.88 Å². The number of H-pyrrole nitrogens is 1. The summed E-state index contributed by atoms with van der Waals surface area (Å²) >= 11 is 0. The van der Waals surface area contributed by atoms with Crippen LogP contribution in [0.2, 0.25) is 0 Å². The van der Waals surface area contributed by atoms with Gasteiger partial charge in [-0.3, -0.25) is 4.90 Å². The Hall–Kier alpha value is -3.44. The minimum Gasteiger partial charge on any atom is -0.493 e. The molecule has 5 heteroatoms. The van der Waals surface area contributed by atoms with Crippen LogP contribution in [0.25, 0.3) is 22.2 Å². The second-order valence-corrected chi connectivity index (χ2v) is 10.9. The largest absolute Gasteiger partial charge is 0.493 e. The van der Waals surface area contributed by atoms with E-state index in [1.807, 2.05) is 12.1 Å². The number of aryl methyl sites for hydroxylation is 1. The molecule has 1 aromatic heterocycles. The zero-order valence-electron chi connectivity index (χ0n) is 22.9. The van der Waals surface area contributed by atoms with Crippen LogP contribution in [0, 0.1) is 6.92 Å². The second kappa shape index (κ2) is 10.7. The van der Waals surface area contributed by atoms with Crippen LogP contribution in [0.1, 0.15) is 48.3 Å². The van der Waals surface area contributed by atoms with E-state index in [1.54, 1.807) is 14.2 Å². The predicted molar refractivity (Wildman–Crippen MR) is 157 cm³/mol. The number of rotatable bonds is 7. The number of fused-ring (bicyclic) bond motifs is 1. The van der Waals surface area contributed by atoms with Crippen molar-refractivity contribution in [1.29, 1.82) is 0 Å². The number of hydrogen-bond donors (Lipinski definition) is 1. The summed E-state index contributed by atoms with van der Waals surface area (Å²) in [4.78, 5) is 8.78. The summed E-state index contributed by atoms with van der Waals surface area (Å²) in [6.07, 6.45) is 5.07. The number of likely N-dealkylation sites (tertiary alicyclic amines) is 1. The Kier molecular flexibility index (Phi) is 7.03. The van der Waals surface area contributed by atoms with Crippen molar-refractivity contribution >= 4 is 16.6 Å². The van der Waals surface area contributed by atoms with Gasteiger partial charge in [-0.25, -0.2) is 0 Å². The van der Waals surface area contributed by atoms with Gasteiger partial charge in [0.1, 0.15) is 0 Å². The number of ether oxygens (including phenoxy) is 2. The smallest absolute Gasteiger partial charge is 0.161 e. The predicted octanol–water partition coefficient (Wildman–Crippen LogP) is 7.14. The summed E-state index contributed by atoms with van der Waals surface area (Å²) in [5.41, 5.74) is 9.00. The molecule has 0 unspecified atom stereocenters. The first-order valence-electron chi connectivity index (χ1n) is 14.0. The van der Waals surface area contributed by atoms with E-state index in [0.29, 0.717) is 5.92 Å². The maximum absolute atomic E-state index is 5.54. The fourth-order valence-corrected chi connectivity index (χ4v) is 6.35. The van der Waals surface area contributed by atoms with Gasteiger partial charge in [0.05, 0.1) is 14.2 Å². The van der Waals surface area contributed by atoms with Gasteiger partial charge in [0, 0.05) is 47.5 Å². The van der Waals surface area contributed by atoms with Crippen molar-refractivity contribution in [3.05, 3.63) is 77.4 Å². The van der Waals surface area contributed by atoms with Crippen LogP contribution in [0.4, 0.5) is 5.69 Å². The van der Waals surface area contributed by atoms with Crippen molar-refractivity contribution in [2.45, 2.75) is 45.1 Å². The lowest BCUT2D eigenvalue weighted by Crippen LogP contribution is -2.32. The molecule has 38 heavy (non-hydrogen) atoms. The average Bonchev–Trinajstić information content (AvgIpc) is 3.62. The number of piperidine rings is 1. The van der Waals surface area contributed by atoms with Crippen molar-refractivity contribution < 1.29 is 9.47 Å². The summed E-state index contributed by atoms with van der Waals surface area (Å²) in [5.74, 6) is 2.11. The van der Waals surface area contributed by atoms with E-state index in [0.717, 1.165) is 42.4 Å². The molecule has 0 bridgehead atoms. The number of nitrogens with zero attached hydrogens (tertiary/aromatic N) is 2. The summed E-state index contributed by atoms with van der Waals surface area (Å²) in [7, 11) is 3.35. The highest BCUT2D eigenvalue weighted by molar-refractivity contribution is 5.91. The first-order valence-corrected chi connectivity index (χ1v) is 14.0. The third-order valence-corrected chi connectivity index (χ3v) is 8.63. The number of anilines is 1. The molecule has 6 rings (SSSR count). The Morgan fingerprint density at radius 3 is 2.26 bits per heavy atom. The van der Waals surface area contributed by atoms with Crippen LogP contribution in [0.15, 0.2) is 60.7 Å². The highest BCUT2D eigenvalue weighted by atomic mass is 16.5. The van der Waals surface area contributed by atoms with Crippen molar-refractivity contribution in [2.24, 2.45) is 0 Å². The fourth-order valence-electron chi connectivity index (χ4n) is 6.35. The van der Waals surface area contributed by atoms with Crippen LogP contribution < -0.4 is 14.4 Å². The molecule has 4 aromatic rings. The summed E-state index contributed by atoms with van der Waals surface area (Å²) < 4.78 is 11.0. The van der Waals surface area contributed by atoms with E-state index in [9.17, 15) is 0 Å². The molecule has 0 spiro atoms. The Morgan fingerprint density at radius 1 is 0.816 bits per heavy atom. The van der Waals surface area contributed by atoms with Crippen LogP contribution in [0.3, 0.4) is 0 Å². The normalized spacial score (nSPS) is 16.9. The first-order chi connectivity index (χ1) is 18.6. The monoisotopic (exact) mass is 509 g/mol. The minimum absolute atomic E-state index is 0.618. The SMILES string of the molecule is COc1ccc(-c2[nH]c3ccc(C4CCN(Cc5ccc(N6CCCC6)cc5)CC4)cc3c2C)cc1OC. The molecule has 0 aliphatic carbocycles. The molecular formula is C33H39N3O2. The second-order valence-electron chi connectivity index (χ2n) is 10.9. The lowest BCUT2D eigenvalue weighted by Gasteiger charge is -2.32. The first kappa shape index (κ1) is 24.9. The van der Waals surface area contributed by atoms with Gasteiger partial charge in [-0.05, 0) is 111 Å². The molecule has 2 fully saturated rings. The lowest BCUT2D eigenvalue weighted by molar-refractivity contribution is 0.204. The van der Waals surface area contributed by atoms with Gasteiger partial charge in [0.15, 0.2) is 11.5 Å². The van der Waals surface area contributed by atoms with E-state index in [4.69, 9.17) is 9.47 Å². The molecule has 0 atom stereocenters. The molecular weight excluding hydrogens is 470 g/mol. The molecule has 198 valence electrons. The number of aromatic nitrogens is 1. The maximum Gasteiger partial charge on any atom is 0.161 e. The van der Waals surface area contributed by atoms with Gasteiger partial charge in [-0.1, -0.05) is 18.2 Å². The number of benzene rings is 3. The van der Waals surface area contributed by atoms with E-state index in [-0.39, 0.29) is 0 Å². The third kappa shape index (κ3) is 4.88. The molecule has 3 heterocycles. The molecule has 0 amide bonds. The minimum atomic E-state index is 0.618. The third-order valence-electron chi connectivity index (χ3n) is 8.63. The Balaban J connectivity index is 1.12. The highest BCUT2D eigenvalue weighted by Gasteiger charge is 2.22. The van der Waals surface area contributed by atoms with E-state index < -0.39 is 0 Å². The number of aromatic amines is 1. The van der Waals surface area contributed by atoms with Gasteiger partial charge in [0.25, 0.3) is 0 Å². The van der Waals surface area contributed by atoms with Gasteiger partial charge in [0.2, 0.25) is 0 Å². The quantitative estimate of drug-likeness (QED) is 0.287. The molecule has 1 N–H and O–H groups in total. The van der Waals surface area contributed by atoms with Crippen LogP contribution in [-0.4, -0.2) is 50.3 Å². The topological polar surface area (TPSA) is 40.7 Å². The van der Waals surface area contributed by atoms with Crippen LogP contribution in [0.5, 0.6) is 11.5 Å². The standard InChI is InChI=1S/C33H39N3O2/c1-23-29-20-26(8-12-30(29)34-33(23)27-9-13-31(37-2)32(21-27)38-3)25-14-18-35(19-15-25)22-24-6-10-28(11-7-24)36-16-4-5-17-36/h6-13,20-21,25,34H,4-5,14-19,22H2,1-3H3. The lowest BCUT2D eigenvalue weighted by atomic mass is 9.88. The summed E-state index contributed by atoms with van der Waals surface area (Å²) in [6.45, 7) is 7.99.